The van der Waals surface area contributed by atoms with Crippen LogP contribution in [0.2, 0.25) is 0 Å². The molecular weight excluding hydrogens is 208 g/mol. The van der Waals surface area contributed by atoms with Crippen LogP contribution >= 0.6 is 0 Å². The van der Waals surface area contributed by atoms with E-state index in [9.17, 15) is 4.79 Å². The molecule has 0 N–H and O–H groups in total. The van der Waals surface area contributed by atoms with Gasteiger partial charge < -0.3 is 9.26 Å². The maximum atomic E-state index is 11.3. The van der Waals surface area contributed by atoms with Gasteiger partial charge in [-0.15, -0.1) is 0 Å². The molecule has 1 aliphatic rings. The van der Waals surface area contributed by atoms with Gasteiger partial charge in [-0.2, -0.15) is 4.98 Å². The monoisotopic (exact) mass is 224 g/mol. The zero-order valence-electron chi connectivity index (χ0n) is 9.44. The minimum Gasteiger partial charge on any atom is -0.377 e. The molecule has 5 nitrogen and oxygen atoms in total. The van der Waals surface area contributed by atoms with Gasteiger partial charge in [-0.25, -0.2) is 0 Å². The molecule has 0 unspecified atom stereocenters. The van der Waals surface area contributed by atoms with Gasteiger partial charge in [0.2, 0.25) is 5.89 Å². The molecule has 1 saturated carbocycles. The average Bonchev–Trinajstić information content (AvgIpc) is 2.86. The second-order valence-corrected chi connectivity index (χ2v) is 4.18. The first kappa shape index (κ1) is 11.3. The maximum Gasteiger partial charge on any atom is 0.234 e. The fraction of sp³-hybridized carbons (Fsp3) is 0.727. The Hall–Kier alpha value is -1.23. The Morgan fingerprint density at radius 2 is 2.25 bits per heavy atom. The van der Waals surface area contributed by atoms with E-state index in [0.29, 0.717) is 11.8 Å². The largest absolute Gasteiger partial charge is 0.377 e. The number of carbonyl (C=O) groups excluding carboxylic acids is 1. The smallest absolute Gasteiger partial charge is 0.234 e. The first-order valence-electron chi connectivity index (χ1n) is 5.62. The Labute approximate surface area is 94.2 Å². The lowest BCUT2D eigenvalue weighted by atomic mass is 10.1. The van der Waals surface area contributed by atoms with E-state index in [1.807, 2.05) is 0 Å². The lowest BCUT2D eigenvalue weighted by molar-refractivity contribution is -0.122. The number of ketones is 1. The summed E-state index contributed by atoms with van der Waals surface area (Å²) >= 11 is 0. The van der Waals surface area contributed by atoms with Crippen LogP contribution in [0.4, 0.5) is 0 Å². The van der Waals surface area contributed by atoms with E-state index in [4.69, 9.17) is 9.26 Å². The molecule has 0 aromatic carbocycles. The normalized spacial score (nSPS) is 16.8. The highest BCUT2D eigenvalue weighted by atomic mass is 16.5. The van der Waals surface area contributed by atoms with Gasteiger partial charge in [0.1, 0.15) is 6.61 Å². The number of nitrogens with zero attached hydrogens (tertiary/aromatic N) is 2. The average molecular weight is 224 g/mol. The zero-order valence-corrected chi connectivity index (χ0v) is 9.44. The Morgan fingerprint density at radius 3 is 2.94 bits per heavy atom. The van der Waals surface area contributed by atoms with Crippen LogP contribution in [0, 0.1) is 0 Å². The Balaban J connectivity index is 1.93. The molecule has 1 aromatic heterocycles. The summed E-state index contributed by atoms with van der Waals surface area (Å²) in [4.78, 5) is 15.6. The summed E-state index contributed by atoms with van der Waals surface area (Å²) in [6, 6.07) is 0. The number of rotatable bonds is 5. The van der Waals surface area contributed by atoms with Crippen molar-refractivity contribution < 1.29 is 14.1 Å². The molecule has 1 aromatic rings. The van der Waals surface area contributed by atoms with Gasteiger partial charge in [-0.1, -0.05) is 18.0 Å². The molecule has 0 aliphatic heterocycles. The standard InChI is InChI=1S/C11H16N2O3/c1-15-7-9(14)6-10-12-11(13-16-10)8-4-2-3-5-8/h8H,2-7H2,1H3. The van der Waals surface area contributed by atoms with Crippen LogP contribution < -0.4 is 0 Å². The predicted octanol–water partition coefficient (Wildman–Crippen LogP) is 1.49. The molecule has 2 rings (SSSR count). The van der Waals surface area contributed by atoms with Crippen LogP contribution in [0.3, 0.4) is 0 Å². The molecule has 5 heteroatoms. The summed E-state index contributed by atoms with van der Waals surface area (Å²) < 4.78 is 9.80. The second-order valence-electron chi connectivity index (χ2n) is 4.18. The third-order valence-electron chi connectivity index (χ3n) is 2.86. The minimum atomic E-state index is -0.0379. The van der Waals surface area contributed by atoms with Crippen molar-refractivity contribution in [1.82, 2.24) is 10.1 Å². The van der Waals surface area contributed by atoms with E-state index >= 15 is 0 Å². The first-order chi connectivity index (χ1) is 7.79. The highest BCUT2D eigenvalue weighted by Gasteiger charge is 2.22. The summed E-state index contributed by atoms with van der Waals surface area (Å²) in [6.07, 6.45) is 4.90. The third kappa shape index (κ3) is 2.66. The van der Waals surface area contributed by atoms with Crippen LogP contribution in [0.15, 0.2) is 4.52 Å². The van der Waals surface area contributed by atoms with Gasteiger partial charge in [-0.3, -0.25) is 4.79 Å². The fourth-order valence-electron chi connectivity index (χ4n) is 2.07. The highest BCUT2D eigenvalue weighted by molar-refractivity contribution is 5.81. The number of carbonyl (C=O) groups is 1. The van der Waals surface area contributed by atoms with E-state index in [0.717, 1.165) is 18.7 Å². The van der Waals surface area contributed by atoms with Crippen LogP contribution in [0.1, 0.15) is 43.3 Å². The zero-order chi connectivity index (χ0) is 11.4. The van der Waals surface area contributed by atoms with Gasteiger partial charge in [0, 0.05) is 13.0 Å². The van der Waals surface area contributed by atoms with Crippen molar-refractivity contribution in [2.75, 3.05) is 13.7 Å². The Kier molecular flexibility index (Phi) is 3.66. The van der Waals surface area contributed by atoms with Gasteiger partial charge >= 0.3 is 0 Å². The van der Waals surface area contributed by atoms with Crippen molar-refractivity contribution in [3.05, 3.63) is 11.7 Å². The maximum absolute atomic E-state index is 11.3. The van der Waals surface area contributed by atoms with E-state index < -0.39 is 0 Å². The topological polar surface area (TPSA) is 65.2 Å². The summed E-state index contributed by atoms with van der Waals surface area (Å²) in [7, 11) is 1.50. The number of methoxy groups -OCH3 is 1. The number of hydrogen-bond donors (Lipinski definition) is 0. The summed E-state index contributed by atoms with van der Waals surface area (Å²) in [5.74, 6) is 1.56. The van der Waals surface area contributed by atoms with Gasteiger partial charge in [0.25, 0.3) is 0 Å². The SMILES string of the molecule is COCC(=O)Cc1nc(C2CCCC2)no1. The fourth-order valence-corrected chi connectivity index (χ4v) is 2.07. The van der Waals surface area contributed by atoms with Gasteiger partial charge in [0.15, 0.2) is 11.6 Å². The van der Waals surface area contributed by atoms with E-state index in [-0.39, 0.29) is 18.8 Å². The molecule has 0 atom stereocenters. The number of aromatic nitrogens is 2. The van der Waals surface area contributed by atoms with Crippen LogP contribution in [-0.2, 0) is 16.0 Å². The summed E-state index contributed by atoms with van der Waals surface area (Å²) in [5, 5.41) is 3.93. The van der Waals surface area contributed by atoms with E-state index in [1.54, 1.807) is 0 Å². The van der Waals surface area contributed by atoms with Crippen LogP contribution in [0.5, 0.6) is 0 Å². The molecule has 0 bridgehead atoms. The van der Waals surface area contributed by atoms with Gasteiger partial charge in [-0.05, 0) is 12.8 Å². The second kappa shape index (κ2) is 5.21. The van der Waals surface area contributed by atoms with Crippen LogP contribution in [-0.4, -0.2) is 29.6 Å². The molecule has 0 radical (unpaired) electrons. The summed E-state index contributed by atoms with van der Waals surface area (Å²) in [5.41, 5.74) is 0. The number of hydrogen-bond acceptors (Lipinski definition) is 5. The van der Waals surface area contributed by atoms with Crippen molar-refractivity contribution in [1.29, 1.82) is 0 Å². The first-order valence-corrected chi connectivity index (χ1v) is 5.62. The molecule has 16 heavy (non-hydrogen) atoms. The molecule has 0 amide bonds. The van der Waals surface area contributed by atoms with Crippen molar-refractivity contribution in [2.45, 2.75) is 38.0 Å². The van der Waals surface area contributed by atoms with E-state index in [1.165, 1.54) is 20.0 Å². The molecule has 1 heterocycles. The van der Waals surface area contributed by atoms with Crippen molar-refractivity contribution in [3.63, 3.8) is 0 Å². The minimum absolute atomic E-state index is 0.0379. The number of Topliss-reactive ketones (excluding diaryl/α,β-unsaturated/α-hetero) is 1. The molecule has 1 fully saturated rings. The third-order valence-corrected chi connectivity index (χ3v) is 2.86. The quantitative estimate of drug-likeness (QED) is 0.758. The van der Waals surface area contributed by atoms with Crippen molar-refractivity contribution >= 4 is 5.78 Å². The molecule has 0 saturated heterocycles. The van der Waals surface area contributed by atoms with Crippen molar-refractivity contribution in [3.8, 4) is 0 Å². The molecular formula is C11H16N2O3. The lowest BCUT2D eigenvalue weighted by Crippen LogP contribution is -2.10. The lowest BCUT2D eigenvalue weighted by Gasteiger charge is -1.99. The Morgan fingerprint density at radius 1 is 1.50 bits per heavy atom. The predicted molar refractivity (Wildman–Crippen MR) is 56.1 cm³/mol. The van der Waals surface area contributed by atoms with Gasteiger partial charge in [0.05, 0.1) is 6.42 Å². The number of ether oxygens (including phenoxy) is 1. The Bertz CT molecular complexity index is 356. The van der Waals surface area contributed by atoms with Crippen molar-refractivity contribution in [2.24, 2.45) is 0 Å². The van der Waals surface area contributed by atoms with Crippen LogP contribution in [0.25, 0.3) is 0 Å². The molecule has 1 aliphatic carbocycles. The molecule has 0 spiro atoms. The molecule has 88 valence electrons. The van der Waals surface area contributed by atoms with E-state index in [2.05, 4.69) is 10.1 Å². The summed E-state index contributed by atoms with van der Waals surface area (Å²) in [6.45, 7) is 0.0984. The highest BCUT2D eigenvalue weighted by Crippen LogP contribution is 2.32.